The third-order valence-corrected chi connectivity index (χ3v) is 13.2. The standard InChI is InChI=1S/C13H24N4.C12H21N3O.C10H19N3.C9H16N2O.C8H14N2.C7H12N2/c1-12(2)13-4-5-17(14-13)11-10-16-8-6-15(3)7-9-16;1-11(2)12-3-4-15(13-12)6-5-14-7-9-16-10-8-14;1-9(2)10-5-6-13(11-10)8-7-12(3)4;1-8(2)9-4-5-11(10-9)6-7-12-3;1-4-10-6-5-8(9-10)7(2)3;1-6(2)7-4-5-9(3)8-7/h4-5,12H,6-11H2,1-3H3;3-4,11H,5-10H2,1-2H3;5-6,9H,7-8H2,1-4H3;4-5,8H,6-7H2,1-3H3;5-7H,4H2,1-3H3;4-6H,1-3H3. The average molecular weight is 1070 g/mol. The fourth-order valence-corrected chi connectivity index (χ4v) is 7.71. The van der Waals surface area contributed by atoms with Gasteiger partial charge in [-0.2, -0.15) is 30.6 Å². The summed E-state index contributed by atoms with van der Waals surface area (Å²) in [6.07, 6.45) is 12.2. The van der Waals surface area contributed by atoms with Gasteiger partial charge in [-0.05, 0) is 100.0 Å². The summed E-state index contributed by atoms with van der Waals surface area (Å²) in [5, 5.41) is 26.6. The molecule has 8 heterocycles. The van der Waals surface area contributed by atoms with Crippen LogP contribution < -0.4 is 0 Å². The van der Waals surface area contributed by atoms with Crippen LogP contribution in [0.15, 0.2) is 73.6 Å². The molecule has 18 nitrogen and oxygen atoms in total. The van der Waals surface area contributed by atoms with Crippen LogP contribution in [0, 0.1) is 0 Å². The van der Waals surface area contributed by atoms with Gasteiger partial charge in [0.1, 0.15) is 0 Å². The van der Waals surface area contributed by atoms with E-state index in [-0.39, 0.29) is 0 Å². The Balaban J connectivity index is 0.000000246. The van der Waals surface area contributed by atoms with Crippen molar-refractivity contribution in [3.8, 4) is 0 Å². The first-order valence-electron chi connectivity index (χ1n) is 28.7. The Hall–Kier alpha value is -4.98. The minimum atomic E-state index is 0.508. The van der Waals surface area contributed by atoms with Gasteiger partial charge in [0.25, 0.3) is 0 Å². The van der Waals surface area contributed by atoms with Crippen LogP contribution in [0.4, 0.5) is 0 Å². The number of morpholine rings is 1. The molecule has 0 spiro atoms. The third-order valence-electron chi connectivity index (χ3n) is 13.2. The molecular weight excluding hydrogens is 965 g/mol. The normalized spacial score (nSPS) is 14.3. The minimum Gasteiger partial charge on any atom is -0.383 e. The number of rotatable bonds is 19. The van der Waals surface area contributed by atoms with Gasteiger partial charge in [-0.15, -0.1) is 0 Å². The Morgan fingerprint density at radius 1 is 0.442 bits per heavy atom. The number of aromatic nitrogens is 12. The topological polar surface area (TPSA) is 138 Å². The van der Waals surface area contributed by atoms with Crippen LogP contribution in [0.3, 0.4) is 0 Å². The second kappa shape index (κ2) is 36.2. The predicted octanol–water partition coefficient (Wildman–Crippen LogP) is 9.38. The van der Waals surface area contributed by atoms with Gasteiger partial charge in [0.15, 0.2) is 0 Å². The quantitative estimate of drug-likeness (QED) is 0.0764. The zero-order valence-corrected chi connectivity index (χ0v) is 51.4. The fraction of sp³-hybridized carbons (Fsp3) is 0.695. The summed E-state index contributed by atoms with van der Waals surface area (Å²) in [4.78, 5) is 9.51. The van der Waals surface area contributed by atoms with Crippen molar-refractivity contribution in [1.29, 1.82) is 0 Å². The summed E-state index contributed by atoms with van der Waals surface area (Å²) in [5.74, 6) is 3.18. The molecule has 77 heavy (non-hydrogen) atoms. The summed E-state index contributed by atoms with van der Waals surface area (Å²) < 4.78 is 22.1. The number of hydrogen-bond donors (Lipinski definition) is 0. The van der Waals surface area contributed by atoms with Gasteiger partial charge < -0.3 is 19.3 Å². The van der Waals surface area contributed by atoms with Crippen molar-refractivity contribution < 1.29 is 9.47 Å². The van der Waals surface area contributed by atoms with Gasteiger partial charge in [0.05, 0.1) is 80.2 Å². The van der Waals surface area contributed by atoms with E-state index in [2.05, 4.69) is 215 Å². The second-order valence-corrected chi connectivity index (χ2v) is 22.3. The molecule has 0 radical (unpaired) electrons. The van der Waals surface area contributed by atoms with E-state index in [0.29, 0.717) is 35.5 Å². The summed E-state index contributed by atoms with van der Waals surface area (Å²) in [7, 11) is 9.98. The first-order valence-corrected chi connectivity index (χ1v) is 28.7. The third kappa shape index (κ3) is 27.0. The largest absolute Gasteiger partial charge is 0.383 e. The smallest absolute Gasteiger partial charge is 0.0658 e. The molecule has 0 unspecified atom stereocenters. The van der Waals surface area contributed by atoms with Gasteiger partial charge in [-0.1, -0.05) is 83.1 Å². The molecule has 8 rings (SSSR count). The molecule has 6 aromatic rings. The summed E-state index contributed by atoms with van der Waals surface area (Å²) in [5.41, 5.74) is 7.05. The van der Waals surface area contributed by atoms with E-state index in [0.717, 1.165) is 96.7 Å². The van der Waals surface area contributed by atoms with Crippen LogP contribution in [0.1, 0.15) is 160 Å². The highest BCUT2D eigenvalue weighted by Crippen LogP contribution is 2.14. The fourth-order valence-electron chi connectivity index (χ4n) is 7.71. The van der Waals surface area contributed by atoms with Crippen molar-refractivity contribution in [1.82, 2.24) is 78.3 Å². The van der Waals surface area contributed by atoms with E-state index in [1.54, 1.807) is 7.11 Å². The van der Waals surface area contributed by atoms with Gasteiger partial charge in [-0.3, -0.25) is 37.9 Å². The molecule has 0 aromatic carbocycles. The molecule has 2 saturated heterocycles. The second-order valence-electron chi connectivity index (χ2n) is 22.3. The lowest BCUT2D eigenvalue weighted by Crippen LogP contribution is -2.45. The van der Waals surface area contributed by atoms with E-state index in [1.807, 2.05) is 55.1 Å². The number of likely N-dealkylation sites (N-methyl/N-ethyl adjacent to an activating group) is 2. The van der Waals surface area contributed by atoms with E-state index in [1.165, 1.54) is 49.0 Å². The molecule has 0 amide bonds. The average Bonchev–Trinajstić information content (AvgIpc) is 4.27. The molecule has 0 N–H and O–H groups in total. The van der Waals surface area contributed by atoms with Gasteiger partial charge >= 0.3 is 0 Å². The van der Waals surface area contributed by atoms with Crippen molar-refractivity contribution in [2.45, 2.75) is 158 Å². The lowest BCUT2D eigenvalue weighted by atomic mass is 10.1. The van der Waals surface area contributed by atoms with Gasteiger partial charge in [0.2, 0.25) is 0 Å². The minimum absolute atomic E-state index is 0.508. The Morgan fingerprint density at radius 3 is 1.09 bits per heavy atom. The van der Waals surface area contributed by atoms with Crippen molar-refractivity contribution in [3.05, 3.63) is 108 Å². The molecule has 18 heteroatoms. The molecule has 2 aliphatic rings. The maximum atomic E-state index is 5.32. The summed E-state index contributed by atoms with van der Waals surface area (Å²) in [6, 6.07) is 12.5. The number of nitrogens with zero attached hydrogens (tertiary/aromatic N) is 16. The van der Waals surface area contributed by atoms with Crippen LogP contribution in [-0.2, 0) is 49.2 Å². The van der Waals surface area contributed by atoms with E-state index < -0.39 is 0 Å². The van der Waals surface area contributed by atoms with Crippen LogP contribution in [0.5, 0.6) is 0 Å². The first-order chi connectivity index (χ1) is 36.7. The Morgan fingerprint density at radius 2 is 0.779 bits per heavy atom. The van der Waals surface area contributed by atoms with Crippen molar-refractivity contribution in [2.24, 2.45) is 7.05 Å². The molecule has 6 aromatic heterocycles. The van der Waals surface area contributed by atoms with E-state index in [9.17, 15) is 0 Å². The van der Waals surface area contributed by atoms with Crippen molar-refractivity contribution in [3.63, 3.8) is 0 Å². The van der Waals surface area contributed by atoms with Crippen molar-refractivity contribution in [2.75, 3.05) is 107 Å². The Kier molecular flexibility index (Phi) is 31.2. The monoisotopic (exact) mass is 1070 g/mol. The zero-order chi connectivity index (χ0) is 56.9. The number of ether oxygens (including phenoxy) is 2. The molecule has 2 fully saturated rings. The number of aryl methyl sites for hydroxylation is 2. The summed E-state index contributed by atoms with van der Waals surface area (Å²) >= 11 is 0. The van der Waals surface area contributed by atoms with E-state index >= 15 is 0 Å². The van der Waals surface area contributed by atoms with Crippen LogP contribution in [0.25, 0.3) is 0 Å². The molecule has 0 aliphatic carbocycles. The highest BCUT2D eigenvalue weighted by Gasteiger charge is 2.14. The highest BCUT2D eigenvalue weighted by atomic mass is 16.5. The van der Waals surface area contributed by atoms with E-state index in [4.69, 9.17) is 9.47 Å². The van der Waals surface area contributed by atoms with Crippen LogP contribution in [0.2, 0.25) is 0 Å². The van der Waals surface area contributed by atoms with Gasteiger partial charge in [-0.25, -0.2) is 0 Å². The van der Waals surface area contributed by atoms with Crippen molar-refractivity contribution >= 4 is 0 Å². The highest BCUT2D eigenvalue weighted by molar-refractivity contribution is 5.07. The van der Waals surface area contributed by atoms with Gasteiger partial charge in [0, 0.05) is 117 Å². The lowest BCUT2D eigenvalue weighted by molar-refractivity contribution is 0.0359. The first kappa shape index (κ1) is 66.3. The molecule has 434 valence electrons. The maximum Gasteiger partial charge on any atom is 0.0658 e. The number of methoxy groups -OCH3 is 1. The summed E-state index contributed by atoms with van der Waals surface area (Å²) in [6.45, 7) is 45.4. The Labute approximate surface area is 466 Å². The predicted molar refractivity (Wildman–Crippen MR) is 316 cm³/mol. The van der Waals surface area contributed by atoms with Crippen LogP contribution in [-0.4, -0.2) is 185 Å². The molecule has 0 atom stereocenters. The molecule has 2 aliphatic heterocycles. The van der Waals surface area contributed by atoms with Crippen LogP contribution >= 0.6 is 0 Å². The Bertz CT molecular complexity index is 2370. The molecule has 0 saturated carbocycles. The number of hydrogen-bond acceptors (Lipinski definition) is 12. The zero-order valence-electron chi connectivity index (χ0n) is 51.4. The molecular formula is C59H106N16O2. The molecule has 0 bridgehead atoms. The SMILES string of the molecule is CC(C)c1ccn(C)n1.CC(C)c1ccn(CCN(C)C)n1.CC(C)c1ccn(CCN2CCN(C)CC2)n1.CC(C)c1ccn(CCN2CCOCC2)n1.CCn1ccc(C(C)C)n1.COCCn1ccc(C(C)C)n1. The number of piperazine rings is 1. The lowest BCUT2D eigenvalue weighted by Gasteiger charge is -2.32. The maximum absolute atomic E-state index is 5.32.